The maximum absolute atomic E-state index is 11.4. The number of rotatable bonds is 6. The summed E-state index contributed by atoms with van der Waals surface area (Å²) >= 11 is 0. The molecule has 6 nitrogen and oxygen atoms in total. The predicted octanol–water partition coefficient (Wildman–Crippen LogP) is 2.41. The third kappa shape index (κ3) is 17.1. The Morgan fingerprint density at radius 3 is 1.90 bits per heavy atom. The largest absolute Gasteiger partial charge is 0.459 e. The van der Waals surface area contributed by atoms with E-state index in [0.717, 1.165) is 0 Å². The Morgan fingerprint density at radius 1 is 0.905 bits per heavy atom. The van der Waals surface area contributed by atoms with Crippen LogP contribution in [-0.4, -0.2) is 42.9 Å². The summed E-state index contributed by atoms with van der Waals surface area (Å²) in [5.41, 5.74) is -0.948. The van der Waals surface area contributed by atoms with Crippen LogP contribution in [-0.2, 0) is 14.3 Å². The molecular weight excluding hydrogens is 340 g/mol. The van der Waals surface area contributed by atoms with E-state index in [1.165, 1.54) is 0 Å². The van der Waals surface area contributed by atoms with Gasteiger partial charge in [0.05, 0.1) is 6.54 Å². The average molecular weight is 369 g/mol. The lowest BCUT2D eigenvalue weighted by atomic mass is 10.2. The van der Waals surface area contributed by atoms with Gasteiger partial charge in [-0.3, -0.25) is 4.79 Å². The molecule has 0 spiro atoms. The van der Waals surface area contributed by atoms with Gasteiger partial charge in [-0.2, -0.15) is 0 Å². The number of alkyl carbamates (subject to hydrolysis) is 1. The van der Waals surface area contributed by atoms with Gasteiger partial charge in [0.1, 0.15) is 11.2 Å². The number of ether oxygens (including phenoxy) is 2. The lowest BCUT2D eigenvalue weighted by Crippen LogP contribution is -2.35. The standard InChI is InChI=1S/C14H28N2O4.BrH/c1-13(2,3)19-11(17)10-15-8-7-9-16-12(18)20-14(4,5)6;/h15H,7-10H2,1-6H3,(H,16,18);1H. The first-order chi connectivity index (χ1) is 8.99. The molecule has 21 heavy (non-hydrogen) atoms. The Bertz CT molecular complexity index is 290. The first-order valence-electron chi connectivity index (χ1n) is 6.89. The average Bonchev–Trinajstić information content (AvgIpc) is 2.17. The van der Waals surface area contributed by atoms with Crippen LogP contribution in [0.15, 0.2) is 0 Å². The predicted molar refractivity (Wildman–Crippen MR) is 87.9 cm³/mol. The van der Waals surface area contributed by atoms with Crippen molar-refractivity contribution < 1.29 is 19.1 Å². The molecule has 0 unspecified atom stereocenters. The molecule has 0 aromatic carbocycles. The number of nitrogens with one attached hydrogen (secondary N) is 2. The van der Waals surface area contributed by atoms with Crippen molar-refractivity contribution in [1.29, 1.82) is 0 Å². The molecule has 0 aromatic rings. The van der Waals surface area contributed by atoms with E-state index in [0.29, 0.717) is 19.5 Å². The number of carbonyl (C=O) groups is 2. The molecule has 0 radical (unpaired) electrons. The minimum atomic E-state index is -0.487. The van der Waals surface area contributed by atoms with Crippen LogP contribution in [0.4, 0.5) is 4.79 Å². The summed E-state index contributed by atoms with van der Waals surface area (Å²) in [5, 5.41) is 5.61. The van der Waals surface area contributed by atoms with Gasteiger partial charge in [0.15, 0.2) is 0 Å². The number of hydrogen-bond donors (Lipinski definition) is 2. The van der Waals surface area contributed by atoms with Crippen molar-refractivity contribution in [2.24, 2.45) is 0 Å². The highest BCUT2D eigenvalue weighted by Gasteiger charge is 2.16. The second kappa shape index (κ2) is 10.00. The van der Waals surface area contributed by atoms with E-state index in [4.69, 9.17) is 9.47 Å². The van der Waals surface area contributed by atoms with Gasteiger partial charge >= 0.3 is 12.1 Å². The van der Waals surface area contributed by atoms with Crippen molar-refractivity contribution in [3.8, 4) is 0 Å². The highest BCUT2D eigenvalue weighted by molar-refractivity contribution is 8.93. The molecule has 0 bridgehead atoms. The van der Waals surface area contributed by atoms with Crippen molar-refractivity contribution in [3.63, 3.8) is 0 Å². The van der Waals surface area contributed by atoms with Crippen molar-refractivity contribution in [1.82, 2.24) is 10.6 Å². The highest BCUT2D eigenvalue weighted by atomic mass is 79.9. The van der Waals surface area contributed by atoms with Crippen molar-refractivity contribution in [3.05, 3.63) is 0 Å². The zero-order chi connectivity index (χ0) is 15.8. The van der Waals surface area contributed by atoms with E-state index < -0.39 is 17.3 Å². The fourth-order valence-corrected chi connectivity index (χ4v) is 1.29. The Labute approximate surface area is 138 Å². The van der Waals surface area contributed by atoms with E-state index in [1.807, 2.05) is 41.5 Å². The number of carbonyl (C=O) groups excluding carboxylic acids is 2. The van der Waals surface area contributed by atoms with Crippen LogP contribution in [0, 0.1) is 0 Å². The van der Waals surface area contributed by atoms with E-state index in [9.17, 15) is 9.59 Å². The fraction of sp³-hybridized carbons (Fsp3) is 0.857. The molecule has 0 aliphatic rings. The summed E-state index contributed by atoms with van der Waals surface area (Å²) in [4.78, 5) is 22.7. The van der Waals surface area contributed by atoms with Gasteiger partial charge in [0.2, 0.25) is 0 Å². The second-order valence-corrected chi connectivity index (χ2v) is 6.55. The maximum atomic E-state index is 11.4. The van der Waals surface area contributed by atoms with Crippen molar-refractivity contribution in [2.75, 3.05) is 19.6 Å². The Kier molecular flexibility index (Phi) is 10.7. The van der Waals surface area contributed by atoms with Gasteiger partial charge in [-0.25, -0.2) is 4.79 Å². The van der Waals surface area contributed by atoms with Crippen LogP contribution in [0.3, 0.4) is 0 Å². The topological polar surface area (TPSA) is 76.7 Å². The fourth-order valence-electron chi connectivity index (χ4n) is 1.29. The summed E-state index contributed by atoms with van der Waals surface area (Å²) < 4.78 is 10.2. The number of hydrogen-bond acceptors (Lipinski definition) is 5. The highest BCUT2D eigenvalue weighted by Crippen LogP contribution is 2.06. The number of amides is 1. The molecule has 0 fully saturated rings. The van der Waals surface area contributed by atoms with E-state index in [-0.39, 0.29) is 29.5 Å². The molecule has 0 saturated heterocycles. The molecule has 126 valence electrons. The molecule has 0 aliphatic heterocycles. The Balaban J connectivity index is 0. The maximum Gasteiger partial charge on any atom is 0.407 e. The van der Waals surface area contributed by atoms with Crippen LogP contribution in [0.2, 0.25) is 0 Å². The van der Waals surface area contributed by atoms with E-state index in [2.05, 4.69) is 10.6 Å². The third-order valence-electron chi connectivity index (χ3n) is 1.89. The van der Waals surface area contributed by atoms with Gasteiger partial charge in [0, 0.05) is 6.54 Å². The summed E-state index contributed by atoms with van der Waals surface area (Å²) in [5.74, 6) is -0.280. The first kappa shape index (κ1) is 22.5. The lowest BCUT2D eigenvalue weighted by molar-refractivity contribution is -0.153. The zero-order valence-electron chi connectivity index (χ0n) is 13.9. The Hall–Kier alpha value is -0.820. The quantitative estimate of drug-likeness (QED) is 0.556. The summed E-state index contributed by atoms with van der Waals surface area (Å²) in [6, 6.07) is 0. The third-order valence-corrected chi connectivity index (χ3v) is 1.89. The SMILES string of the molecule is Br.CC(C)(C)OC(=O)CNCCCNC(=O)OC(C)(C)C. The summed E-state index contributed by atoms with van der Waals surface area (Å²) in [6.45, 7) is 12.2. The van der Waals surface area contributed by atoms with Gasteiger partial charge in [0.25, 0.3) is 0 Å². The normalized spacial score (nSPS) is 11.3. The molecule has 0 aromatic heterocycles. The molecule has 0 rings (SSSR count). The molecule has 1 amide bonds. The molecule has 2 N–H and O–H groups in total. The summed E-state index contributed by atoms with van der Waals surface area (Å²) in [6.07, 6.45) is 0.284. The molecule has 0 aliphatic carbocycles. The van der Waals surface area contributed by atoms with E-state index in [1.54, 1.807) is 0 Å². The van der Waals surface area contributed by atoms with Gasteiger partial charge < -0.3 is 20.1 Å². The molecule has 0 heterocycles. The molecular formula is C14H29BrN2O4. The van der Waals surface area contributed by atoms with Crippen LogP contribution in [0.5, 0.6) is 0 Å². The van der Waals surface area contributed by atoms with Gasteiger partial charge in [-0.05, 0) is 54.5 Å². The summed E-state index contributed by atoms with van der Waals surface area (Å²) in [7, 11) is 0. The van der Waals surface area contributed by atoms with E-state index >= 15 is 0 Å². The monoisotopic (exact) mass is 368 g/mol. The molecule has 0 atom stereocenters. The second-order valence-electron chi connectivity index (χ2n) is 6.55. The molecule has 0 saturated carbocycles. The van der Waals surface area contributed by atoms with Gasteiger partial charge in [-0.1, -0.05) is 0 Å². The van der Waals surface area contributed by atoms with Crippen LogP contribution >= 0.6 is 17.0 Å². The Morgan fingerprint density at radius 2 is 1.43 bits per heavy atom. The van der Waals surface area contributed by atoms with Crippen molar-refractivity contribution >= 4 is 29.0 Å². The van der Waals surface area contributed by atoms with Crippen LogP contribution in [0.25, 0.3) is 0 Å². The zero-order valence-corrected chi connectivity index (χ0v) is 15.6. The smallest absolute Gasteiger partial charge is 0.407 e. The molecule has 7 heteroatoms. The van der Waals surface area contributed by atoms with Gasteiger partial charge in [-0.15, -0.1) is 17.0 Å². The lowest BCUT2D eigenvalue weighted by Gasteiger charge is -2.20. The van der Waals surface area contributed by atoms with Crippen LogP contribution in [0.1, 0.15) is 48.0 Å². The first-order valence-corrected chi connectivity index (χ1v) is 6.89. The van der Waals surface area contributed by atoms with Crippen LogP contribution < -0.4 is 10.6 Å². The minimum Gasteiger partial charge on any atom is -0.459 e. The van der Waals surface area contributed by atoms with Crippen molar-refractivity contribution in [2.45, 2.75) is 59.2 Å². The minimum absolute atomic E-state index is 0. The number of esters is 1. The number of halogens is 1.